The molecule has 0 saturated heterocycles. The molecule has 0 N–H and O–H groups in total. The molecule has 0 spiro atoms. The fraction of sp³-hybridized carbons (Fsp3) is 1.00. The summed E-state index contributed by atoms with van der Waals surface area (Å²) >= 11 is 0. The van der Waals surface area contributed by atoms with E-state index in [0.29, 0.717) is 0 Å². The maximum Gasteiger partial charge on any atom is 0.390 e. The number of hydrogen-bond acceptors (Lipinski definition) is 10. The number of thiol groups is 2. The van der Waals surface area contributed by atoms with E-state index in [-0.39, 0.29) is 0 Å². The zero-order chi connectivity index (χ0) is 16.8. The molecule has 0 saturated carbocycles. The van der Waals surface area contributed by atoms with E-state index < -0.39 is 59.5 Å². The highest BCUT2D eigenvalue weighted by Crippen LogP contribution is 2.14. The van der Waals surface area contributed by atoms with E-state index >= 15 is 0 Å². The van der Waals surface area contributed by atoms with Gasteiger partial charge in [0.1, 0.15) is 12.2 Å². The lowest BCUT2D eigenvalue weighted by atomic mass is 10.2. The number of rotatable bonds is 10. The predicted octanol–water partition coefficient (Wildman–Crippen LogP) is -1.06. The van der Waals surface area contributed by atoms with Crippen molar-refractivity contribution in [1.82, 2.24) is 0 Å². The second-order valence-electron chi connectivity index (χ2n) is 4.79. The third kappa shape index (κ3) is 11.2. The van der Waals surface area contributed by atoms with Gasteiger partial charge in [0.25, 0.3) is 22.0 Å². The molecule has 2 atom stereocenters. The summed E-state index contributed by atoms with van der Waals surface area (Å²) in [7, 11) is -13.4. The molecule has 0 fully saturated rings. The van der Waals surface area contributed by atoms with Crippen LogP contribution in [0.5, 0.6) is 0 Å². The van der Waals surface area contributed by atoms with Gasteiger partial charge < -0.3 is 0 Å². The lowest BCUT2D eigenvalue weighted by molar-refractivity contribution is 0.0403. The molecule has 0 aromatic heterocycles. The van der Waals surface area contributed by atoms with Crippen LogP contribution in [0.3, 0.4) is 0 Å². The molecule has 2 unspecified atom stereocenters. The lowest BCUT2D eigenvalue weighted by Gasteiger charge is -2.22. The highest BCUT2D eigenvalue weighted by molar-refractivity contribution is 7.83. The van der Waals surface area contributed by atoms with Gasteiger partial charge in [0.15, 0.2) is 0 Å². The average molecular weight is 386 g/mol. The van der Waals surface area contributed by atoms with Gasteiger partial charge in [-0.05, 0) is 26.6 Å². The molecule has 0 radical (unpaired) electrons. The Morgan fingerprint density at radius 2 is 1.57 bits per heavy atom. The van der Waals surface area contributed by atoms with Gasteiger partial charge >= 0.3 is 10.4 Å². The van der Waals surface area contributed by atoms with Gasteiger partial charge in [-0.3, -0.25) is 12.2 Å². The van der Waals surface area contributed by atoms with Crippen molar-refractivity contribution in [2.45, 2.75) is 38.8 Å². The van der Waals surface area contributed by atoms with Crippen LogP contribution in [0.25, 0.3) is 0 Å². The Labute approximate surface area is 128 Å². The first-order valence-corrected chi connectivity index (χ1v) is 12.5. The van der Waals surface area contributed by atoms with Crippen molar-refractivity contribution in [1.29, 1.82) is 0 Å². The summed E-state index contributed by atoms with van der Waals surface area (Å²) in [5, 5.41) is 0. The third-order valence-electron chi connectivity index (χ3n) is 1.71. The van der Waals surface area contributed by atoms with Crippen LogP contribution in [0.1, 0.15) is 6.92 Å². The fourth-order valence-corrected chi connectivity index (χ4v) is 4.89. The first kappa shape index (κ1) is 20.9. The minimum Gasteiger partial charge on any atom is -0.294 e. The highest BCUT2D eigenvalue weighted by atomic mass is 32.3. The van der Waals surface area contributed by atoms with Gasteiger partial charge in [0.2, 0.25) is 8.32 Å². The molecule has 0 heterocycles. The minimum atomic E-state index is -4.38. The zero-order valence-corrected chi connectivity index (χ0v) is 15.4. The molecule has 0 aromatic rings. The van der Waals surface area contributed by atoms with Crippen LogP contribution in [0.15, 0.2) is 0 Å². The van der Waals surface area contributed by atoms with E-state index in [0.717, 1.165) is 0 Å². The molecule has 0 aliphatic rings. The molecule has 0 amide bonds. The normalized spacial score (nSPS) is 16.3. The maximum absolute atomic E-state index is 11.6. The summed E-state index contributed by atoms with van der Waals surface area (Å²) < 4.78 is 82.9. The minimum absolute atomic E-state index is 0.717. The van der Waals surface area contributed by atoms with E-state index in [2.05, 4.69) is 12.5 Å². The summed E-state index contributed by atoms with van der Waals surface area (Å²) in [6, 6.07) is 0. The molecule has 0 aliphatic heterocycles. The SMILES string of the molecule is CC(OS(=O)(=O)O[Si](C)(C)C)C(CO[SH](=O)=O)O[SH](=O)=O. The Kier molecular flexibility index (Phi) is 8.48. The van der Waals surface area contributed by atoms with Gasteiger partial charge in [-0.15, -0.1) is 0 Å². The molecule has 0 bridgehead atoms. The third-order valence-corrected chi connectivity index (χ3v) is 5.87. The van der Waals surface area contributed by atoms with Crippen molar-refractivity contribution in [2.24, 2.45) is 0 Å². The first-order chi connectivity index (χ1) is 9.32. The topological polar surface area (TPSA) is 139 Å². The molecule has 0 aromatic carbocycles. The molecular formula is C7H18O10S3Si. The van der Waals surface area contributed by atoms with Crippen molar-refractivity contribution in [2.75, 3.05) is 6.61 Å². The standard InChI is InChI=1S/C7H18O10S3Si/c1-6(16-20(12,13)17-21(2,3)4)7(15-19(10)11)5-14-18(8)9/h6-7,18-19H,5H2,1-4H3. The van der Waals surface area contributed by atoms with E-state index in [9.17, 15) is 25.3 Å². The van der Waals surface area contributed by atoms with Gasteiger partial charge in [-0.1, -0.05) is 0 Å². The van der Waals surface area contributed by atoms with Crippen LogP contribution in [0, 0.1) is 0 Å². The second kappa shape index (κ2) is 8.52. The van der Waals surface area contributed by atoms with Gasteiger partial charge in [-0.25, -0.2) is 21.0 Å². The molecule has 128 valence electrons. The molecule has 10 nitrogen and oxygen atoms in total. The summed E-state index contributed by atoms with van der Waals surface area (Å²) in [5.74, 6) is 0. The Morgan fingerprint density at radius 3 is 1.95 bits per heavy atom. The van der Waals surface area contributed by atoms with Gasteiger partial charge in [-0.2, -0.15) is 8.42 Å². The first-order valence-electron chi connectivity index (χ1n) is 5.55. The van der Waals surface area contributed by atoms with Crippen LogP contribution in [-0.4, -0.2) is 52.4 Å². The van der Waals surface area contributed by atoms with Crippen molar-refractivity contribution in [3.8, 4) is 0 Å². The second-order valence-corrected chi connectivity index (χ2v) is 12.1. The van der Waals surface area contributed by atoms with Gasteiger partial charge in [0, 0.05) is 0 Å². The van der Waals surface area contributed by atoms with E-state index in [1.807, 2.05) is 0 Å². The Hall–Kier alpha value is -0.0931. The molecule has 0 rings (SSSR count). The predicted molar refractivity (Wildman–Crippen MR) is 75.4 cm³/mol. The van der Waals surface area contributed by atoms with E-state index in [4.69, 9.17) is 3.87 Å². The largest absolute Gasteiger partial charge is 0.390 e. The molecule has 14 heteroatoms. The lowest BCUT2D eigenvalue weighted by Crippen LogP contribution is -2.38. The number of hydrogen-bond donors (Lipinski definition) is 2. The quantitative estimate of drug-likeness (QED) is 0.353. The molecule has 21 heavy (non-hydrogen) atoms. The molecule has 0 aliphatic carbocycles. The van der Waals surface area contributed by atoms with Crippen LogP contribution >= 0.6 is 0 Å². The average Bonchev–Trinajstić information content (AvgIpc) is 2.18. The van der Waals surface area contributed by atoms with Crippen LogP contribution in [0.4, 0.5) is 0 Å². The maximum atomic E-state index is 11.6. The highest BCUT2D eigenvalue weighted by Gasteiger charge is 2.31. The summed E-state index contributed by atoms with van der Waals surface area (Å²) in [4.78, 5) is 0. The van der Waals surface area contributed by atoms with Crippen molar-refractivity contribution in [3.05, 3.63) is 0 Å². The smallest absolute Gasteiger partial charge is 0.294 e. The zero-order valence-electron chi connectivity index (χ0n) is 11.7. The molecular weight excluding hydrogens is 368 g/mol. The van der Waals surface area contributed by atoms with Crippen LogP contribution in [-0.2, 0) is 48.8 Å². The Balaban J connectivity index is 4.90. The fourth-order valence-electron chi connectivity index (χ4n) is 1.07. The van der Waals surface area contributed by atoms with E-state index in [1.165, 1.54) is 6.92 Å². The van der Waals surface area contributed by atoms with Crippen molar-refractivity contribution >= 4 is 40.7 Å². The summed E-state index contributed by atoms with van der Waals surface area (Å²) in [6.45, 7) is 5.27. The van der Waals surface area contributed by atoms with Crippen LogP contribution in [0.2, 0.25) is 19.6 Å². The van der Waals surface area contributed by atoms with Gasteiger partial charge in [0.05, 0.1) is 6.61 Å². The monoisotopic (exact) mass is 386 g/mol. The summed E-state index contributed by atoms with van der Waals surface area (Å²) in [5.41, 5.74) is 0. The summed E-state index contributed by atoms with van der Waals surface area (Å²) in [6.07, 6.45) is -2.80. The van der Waals surface area contributed by atoms with Crippen molar-refractivity contribution < 1.29 is 41.7 Å². The van der Waals surface area contributed by atoms with E-state index in [1.54, 1.807) is 19.6 Å². The van der Waals surface area contributed by atoms with Crippen molar-refractivity contribution in [3.63, 3.8) is 0 Å². The van der Waals surface area contributed by atoms with Crippen LogP contribution < -0.4 is 0 Å². The Morgan fingerprint density at radius 1 is 1.05 bits per heavy atom. The Bertz CT molecular complexity index is 556.